The molecular formula is C19H18N4O. The summed E-state index contributed by atoms with van der Waals surface area (Å²) in [5.41, 5.74) is 12.8. The summed E-state index contributed by atoms with van der Waals surface area (Å²) in [4.78, 5) is 4.48. The van der Waals surface area contributed by atoms with Gasteiger partial charge in [0.2, 0.25) is 0 Å². The van der Waals surface area contributed by atoms with E-state index >= 15 is 0 Å². The van der Waals surface area contributed by atoms with E-state index in [1.807, 2.05) is 44.4 Å². The van der Waals surface area contributed by atoms with E-state index in [9.17, 15) is 0 Å². The molecule has 24 heavy (non-hydrogen) atoms. The van der Waals surface area contributed by atoms with Gasteiger partial charge < -0.3 is 14.8 Å². The van der Waals surface area contributed by atoms with Gasteiger partial charge in [-0.3, -0.25) is 0 Å². The van der Waals surface area contributed by atoms with Crippen LogP contribution in [0.25, 0.3) is 22.2 Å². The van der Waals surface area contributed by atoms with Crippen LogP contribution in [0.4, 0.5) is 5.69 Å². The smallest absolute Gasteiger partial charge is 0.141 e. The molecule has 2 heterocycles. The molecule has 2 aromatic heterocycles. The lowest BCUT2D eigenvalue weighted by molar-refractivity contribution is 0.393. The first kappa shape index (κ1) is 14.5. The van der Waals surface area contributed by atoms with Gasteiger partial charge in [0.15, 0.2) is 0 Å². The van der Waals surface area contributed by atoms with Crippen LogP contribution in [0.3, 0.4) is 0 Å². The zero-order valence-electron chi connectivity index (χ0n) is 13.7. The number of nitrogen functional groups attached to an aromatic ring is 1. The van der Waals surface area contributed by atoms with Gasteiger partial charge in [0.1, 0.15) is 11.3 Å². The summed E-state index contributed by atoms with van der Waals surface area (Å²) < 4.78 is 7.41. The van der Waals surface area contributed by atoms with Crippen molar-refractivity contribution < 1.29 is 4.52 Å². The molecule has 0 aliphatic heterocycles. The molecule has 4 aromatic rings. The van der Waals surface area contributed by atoms with Crippen LogP contribution >= 0.6 is 0 Å². The summed E-state index contributed by atoms with van der Waals surface area (Å²) in [5.74, 6) is 0.792. The van der Waals surface area contributed by atoms with Gasteiger partial charge in [0, 0.05) is 12.1 Å². The summed E-state index contributed by atoms with van der Waals surface area (Å²) in [6.07, 6.45) is 1.84. The molecule has 0 aliphatic rings. The van der Waals surface area contributed by atoms with Gasteiger partial charge in [-0.15, -0.1) is 0 Å². The molecule has 5 nitrogen and oxygen atoms in total. The first-order valence-corrected chi connectivity index (χ1v) is 7.85. The molecule has 0 unspecified atom stereocenters. The maximum absolute atomic E-state index is 6.24. The van der Waals surface area contributed by atoms with Crippen molar-refractivity contribution in [2.24, 2.45) is 0 Å². The molecule has 0 atom stereocenters. The SMILES string of the molecule is Cc1noc(C)c1-c1cc(N)c2ncn(Cc3ccccc3)c2c1. The minimum Gasteiger partial charge on any atom is -0.397 e. The van der Waals surface area contributed by atoms with E-state index in [2.05, 4.69) is 32.9 Å². The molecule has 4 rings (SSSR count). The third kappa shape index (κ3) is 2.34. The van der Waals surface area contributed by atoms with Gasteiger partial charge in [0.25, 0.3) is 0 Å². The Hall–Kier alpha value is -3.08. The quantitative estimate of drug-likeness (QED) is 0.581. The summed E-state index contributed by atoms with van der Waals surface area (Å²) in [6.45, 7) is 4.60. The van der Waals surface area contributed by atoms with Gasteiger partial charge in [-0.1, -0.05) is 35.5 Å². The number of anilines is 1. The zero-order chi connectivity index (χ0) is 16.7. The van der Waals surface area contributed by atoms with Gasteiger partial charge >= 0.3 is 0 Å². The Morgan fingerprint density at radius 1 is 1.12 bits per heavy atom. The number of aromatic nitrogens is 3. The molecule has 0 spiro atoms. The van der Waals surface area contributed by atoms with Crippen LogP contribution in [-0.4, -0.2) is 14.7 Å². The lowest BCUT2D eigenvalue weighted by Crippen LogP contribution is -1.98. The lowest BCUT2D eigenvalue weighted by atomic mass is 10.0. The van der Waals surface area contributed by atoms with E-state index in [4.69, 9.17) is 10.3 Å². The topological polar surface area (TPSA) is 69.9 Å². The molecular weight excluding hydrogens is 300 g/mol. The molecule has 0 aliphatic carbocycles. The molecule has 0 radical (unpaired) electrons. The van der Waals surface area contributed by atoms with Crippen LogP contribution in [0.1, 0.15) is 17.0 Å². The van der Waals surface area contributed by atoms with E-state index in [0.717, 1.165) is 40.2 Å². The van der Waals surface area contributed by atoms with Crippen molar-refractivity contribution in [3.63, 3.8) is 0 Å². The van der Waals surface area contributed by atoms with Gasteiger partial charge in [-0.2, -0.15) is 0 Å². The highest BCUT2D eigenvalue weighted by Crippen LogP contribution is 2.32. The first-order chi connectivity index (χ1) is 11.6. The average Bonchev–Trinajstić information content (AvgIpc) is 3.12. The molecule has 2 N–H and O–H groups in total. The number of rotatable bonds is 3. The number of nitrogens with two attached hydrogens (primary N) is 1. The largest absolute Gasteiger partial charge is 0.397 e. The van der Waals surface area contributed by atoms with E-state index in [1.54, 1.807) is 0 Å². The molecule has 0 bridgehead atoms. The molecule has 5 heteroatoms. The van der Waals surface area contributed by atoms with E-state index in [0.29, 0.717) is 5.69 Å². The molecule has 120 valence electrons. The van der Waals surface area contributed by atoms with Crippen molar-refractivity contribution in [1.82, 2.24) is 14.7 Å². The predicted octanol–water partition coefficient (Wildman–Crippen LogP) is 3.94. The number of hydrogen-bond donors (Lipinski definition) is 1. The number of fused-ring (bicyclic) bond motifs is 1. The lowest BCUT2D eigenvalue weighted by Gasteiger charge is -2.08. The number of aryl methyl sites for hydroxylation is 2. The van der Waals surface area contributed by atoms with Crippen LogP contribution in [0.15, 0.2) is 53.3 Å². The highest BCUT2D eigenvalue weighted by Gasteiger charge is 2.15. The molecule has 0 saturated heterocycles. The van der Waals surface area contributed by atoms with Gasteiger partial charge in [-0.05, 0) is 37.1 Å². The summed E-state index contributed by atoms with van der Waals surface area (Å²) in [7, 11) is 0. The normalized spacial score (nSPS) is 11.2. The average molecular weight is 318 g/mol. The minimum atomic E-state index is 0.661. The fraction of sp³-hybridized carbons (Fsp3) is 0.158. The zero-order valence-corrected chi connectivity index (χ0v) is 13.7. The van der Waals surface area contributed by atoms with Crippen LogP contribution in [-0.2, 0) is 6.54 Å². The van der Waals surface area contributed by atoms with Gasteiger partial charge in [0.05, 0.1) is 23.2 Å². The number of nitrogens with zero attached hydrogens (tertiary/aromatic N) is 3. The van der Waals surface area contributed by atoms with Crippen molar-refractivity contribution in [1.29, 1.82) is 0 Å². The number of imidazole rings is 1. The van der Waals surface area contributed by atoms with Crippen LogP contribution < -0.4 is 5.73 Å². The fourth-order valence-electron chi connectivity index (χ4n) is 3.14. The highest BCUT2D eigenvalue weighted by atomic mass is 16.5. The van der Waals surface area contributed by atoms with Crippen molar-refractivity contribution in [3.8, 4) is 11.1 Å². The Morgan fingerprint density at radius 3 is 2.62 bits per heavy atom. The van der Waals surface area contributed by atoms with Crippen molar-refractivity contribution in [3.05, 3.63) is 65.8 Å². The summed E-state index contributed by atoms with van der Waals surface area (Å²) >= 11 is 0. The third-order valence-electron chi connectivity index (χ3n) is 4.27. The van der Waals surface area contributed by atoms with E-state index in [-0.39, 0.29) is 0 Å². The standard InChI is InChI=1S/C19H18N4O/c1-12-18(13(2)24-22-12)15-8-16(20)19-17(9-15)23(11-21-19)10-14-6-4-3-5-7-14/h3-9,11H,10,20H2,1-2H3. The van der Waals surface area contributed by atoms with Gasteiger partial charge in [-0.25, -0.2) is 4.98 Å². The maximum Gasteiger partial charge on any atom is 0.141 e. The van der Waals surface area contributed by atoms with Crippen molar-refractivity contribution >= 4 is 16.7 Å². The first-order valence-electron chi connectivity index (χ1n) is 7.85. The highest BCUT2D eigenvalue weighted by molar-refractivity contribution is 5.92. The Labute approximate surface area is 139 Å². The second-order valence-corrected chi connectivity index (χ2v) is 5.99. The van der Waals surface area contributed by atoms with E-state index < -0.39 is 0 Å². The number of hydrogen-bond acceptors (Lipinski definition) is 4. The third-order valence-corrected chi connectivity index (χ3v) is 4.27. The monoisotopic (exact) mass is 318 g/mol. The van der Waals surface area contributed by atoms with Crippen LogP contribution in [0.5, 0.6) is 0 Å². The second kappa shape index (κ2) is 5.53. The number of benzene rings is 2. The van der Waals surface area contributed by atoms with Crippen LogP contribution in [0.2, 0.25) is 0 Å². The minimum absolute atomic E-state index is 0.661. The molecule has 0 saturated carbocycles. The second-order valence-electron chi connectivity index (χ2n) is 5.99. The Morgan fingerprint density at radius 2 is 1.92 bits per heavy atom. The Balaban J connectivity index is 1.86. The molecule has 2 aromatic carbocycles. The van der Waals surface area contributed by atoms with Crippen LogP contribution in [0, 0.1) is 13.8 Å². The van der Waals surface area contributed by atoms with Crippen molar-refractivity contribution in [2.75, 3.05) is 5.73 Å². The van der Waals surface area contributed by atoms with Crippen molar-refractivity contribution in [2.45, 2.75) is 20.4 Å². The Kier molecular flexibility index (Phi) is 3.34. The molecule has 0 fully saturated rings. The Bertz CT molecular complexity index is 995. The maximum atomic E-state index is 6.24. The predicted molar refractivity (Wildman–Crippen MR) is 94.7 cm³/mol. The fourth-order valence-corrected chi connectivity index (χ4v) is 3.14. The molecule has 0 amide bonds. The van der Waals surface area contributed by atoms with E-state index in [1.165, 1.54) is 5.56 Å². The summed E-state index contributed by atoms with van der Waals surface area (Å²) in [6, 6.07) is 14.4. The summed E-state index contributed by atoms with van der Waals surface area (Å²) in [5, 5.41) is 4.04.